The highest BCUT2D eigenvalue weighted by Crippen LogP contribution is 2.27. The van der Waals surface area contributed by atoms with E-state index in [-0.39, 0.29) is 0 Å². The lowest BCUT2D eigenvalue weighted by Crippen LogP contribution is -2.23. The molecule has 108 valence electrons. The summed E-state index contributed by atoms with van der Waals surface area (Å²) in [5, 5.41) is 4.72. The Bertz CT molecular complexity index is 569. The van der Waals surface area contributed by atoms with E-state index in [4.69, 9.17) is 4.74 Å². The summed E-state index contributed by atoms with van der Waals surface area (Å²) >= 11 is 0. The first-order valence-electron chi connectivity index (χ1n) is 7.62. The van der Waals surface area contributed by atoms with Crippen molar-refractivity contribution in [1.29, 1.82) is 0 Å². The van der Waals surface area contributed by atoms with Crippen LogP contribution < -0.4 is 5.32 Å². The van der Waals surface area contributed by atoms with Crippen LogP contribution in [0, 0.1) is 5.92 Å². The van der Waals surface area contributed by atoms with E-state index in [2.05, 4.69) is 47.1 Å². The molecule has 3 nitrogen and oxygen atoms in total. The van der Waals surface area contributed by atoms with Crippen molar-refractivity contribution >= 4 is 10.9 Å². The normalized spacial score (nSPS) is 18.5. The third kappa shape index (κ3) is 2.60. The van der Waals surface area contributed by atoms with Crippen LogP contribution in [0.25, 0.3) is 10.9 Å². The molecule has 20 heavy (non-hydrogen) atoms. The third-order valence-electron chi connectivity index (χ3n) is 4.50. The van der Waals surface area contributed by atoms with Gasteiger partial charge in [0.05, 0.1) is 0 Å². The molecule has 1 aromatic heterocycles. The molecule has 0 bridgehead atoms. The van der Waals surface area contributed by atoms with Crippen LogP contribution in [0.3, 0.4) is 0 Å². The summed E-state index contributed by atoms with van der Waals surface area (Å²) in [6, 6.07) is 11.4. The summed E-state index contributed by atoms with van der Waals surface area (Å²) in [4.78, 5) is 0. The van der Waals surface area contributed by atoms with Gasteiger partial charge in [-0.3, -0.25) is 0 Å². The van der Waals surface area contributed by atoms with Crippen molar-refractivity contribution in [3.05, 3.63) is 36.0 Å². The number of hydrogen-bond acceptors (Lipinski definition) is 2. The van der Waals surface area contributed by atoms with E-state index in [0.717, 1.165) is 25.7 Å². The molecular formula is C17H24N2O. The largest absolute Gasteiger partial charge is 0.381 e. The number of benzene rings is 1. The third-order valence-corrected chi connectivity index (χ3v) is 4.50. The topological polar surface area (TPSA) is 26.2 Å². The number of nitrogens with one attached hydrogen (secondary N) is 1. The van der Waals surface area contributed by atoms with Crippen LogP contribution in [0.4, 0.5) is 0 Å². The molecule has 1 atom stereocenters. The number of para-hydroxylation sites is 1. The molecular weight excluding hydrogens is 248 g/mol. The quantitative estimate of drug-likeness (QED) is 0.923. The van der Waals surface area contributed by atoms with Crippen LogP contribution >= 0.6 is 0 Å². The zero-order chi connectivity index (χ0) is 13.9. The van der Waals surface area contributed by atoms with Crippen LogP contribution in [0.1, 0.15) is 31.5 Å². The minimum atomic E-state index is 0.377. The molecule has 1 fully saturated rings. The molecule has 0 saturated carbocycles. The lowest BCUT2D eigenvalue weighted by molar-refractivity contribution is 0.0613. The molecule has 2 aromatic rings. The number of nitrogens with zero attached hydrogens (tertiary/aromatic N) is 1. The van der Waals surface area contributed by atoms with Gasteiger partial charge in [0.15, 0.2) is 0 Å². The fourth-order valence-corrected chi connectivity index (χ4v) is 3.13. The van der Waals surface area contributed by atoms with Gasteiger partial charge in [-0.15, -0.1) is 0 Å². The van der Waals surface area contributed by atoms with Gasteiger partial charge >= 0.3 is 0 Å². The molecule has 1 saturated heterocycles. The molecule has 3 heteroatoms. The van der Waals surface area contributed by atoms with Gasteiger partial charge in [0.25, 0.3) is 0 Å². The first kappa shape index (κ1) is 13.7. The molecule has 0 amide bonds. The van der Waals surface area contributed by atoms with Crippen molar-refractivity contribution in [1.82, 2.24) is 9.88 Å². The second-order valence-corrected chi connectivity index (χ2v) is 5.80. The highest BCUT2D eigenvalue weighted by molar-refractivity contribution is 5.81. The van der Waals surface area contributed by atoms with Crippen molar-refractivity contribution in [3.8, 4) is 0 Å². The minimum Gasteiger partial charge on any atom is -0.381 e. The first-order valence-corrected chi connectivity index (χ1v) is 7.62. The van der Waals surface area contributed by atoms with Gasteiger partial charge in [0, 0.05) is 37.0 Å². The Morgan fingerprint density at radius 1 is 1.30 bits per heavy atom. The van der Waals surface area contributed by atoms with Crippen molar-refractivity contribution in [2.45, 2.75) is 32.4 Å². The average molecular weight is 272 g/mol. The monoisotopic (exact) mass is 272 g/mol. The maximum atomic E-state index is 5.48. The summed E-state index contributed by atoms with van der Waals surface area (Å²) in [5.41, 5.74) is 2.75. The fraction of sp³-hybridized carbons (Fsp3) is 0.529. The Balaban J connectivity index is 1.97. The Kier molecular flexibility index (Phi) is 4.08. The smallest absolute Gasteiger partial charge is 0.0483 e. The predicted molar refractivity (Wildman–Crippen MR) is 83.0 cm³/mol. The molecule has 1 aromatic carbocycles. The lowest BCUT2D eigenvalue weighted by atomic mass is 10.00. The molecule has 0 radical (unpaired) electrons. The van der Waals surface area contributed by atoms with E-state index >= 15 is 0 Å². The van der Waals surface area contributed by atoms with Crippen LogP contribution in [0.15, 0.2) is 30.3 Å². The van der Waals surface area contributed by atoms with Gasteiger partial charge < -0.3 is 14.6 Å². The average Bonchev–Trinajstić information content (AvgIpc) is 2.86. The Labute approximate surface area is 120 Å². The fourth-order valence-electron chi connectivity index (χ4n) is 3.13. The van der Waals surface area contributed by atoms with Gasteiger partial charge in [-0.25, -0.2) is 0 Å². The molecule has 0 spiro atoms. The maximum Gasteiger partial charge on any atom is 0.0483 e. The van der Waals surface area contributed by atoms with E-state index in [1.807, 2.05) is 7.05 Å². The molecule has 0 aliphatic carbocycles. The van der Waals surface area contributed by atoms with Gasteiger partial charge in [-0.1, -0.05) is 18.2 Å². The summed E-state index contributed by atoms with van der Waals surface area (Å²) in [6.07, 6.45) is 2.36. The first-order chi connectivity index (χ1) is 9.79. The number of fused-ring (bicyclic) bond motifs is 1. The van der Waals surface area contributed by atoms with E-state index in [1.165, 1.54) is 29.4 Å². The Morgan fingerprint density at radius 2 is 2.05 bits per heavy atom. The minimum absolute atomic E-state index is 0.377. The van der Waals surface area contributed by atoms with Crippen molar-refractivity contribution in [2.75, 3.05) is 20.3 Å². The summed E-state index contributed by atoms with van der Waals surface area (Å²) in [6.45, 7) is 5.18. The maximum absolute atomic E-state index is 5.48. The van der Waals surface area contributed by atoms with Crippen molar-refractivity contribution < 1.29 is 4.74 Å². The van der Waals surface area contributed by atoms with E-state index in [0.29, 0.717) is 6.04 Å². The van der Waals surface area contributed by atoms with Crippen molar-refractivity contribution in [2.24, 2.45) is 5.92 Å². The van der Waals surface area contributed by atoms with E-state index in [9.17, 15) is 0 Å². The molecule has 3 rings (SSSR count). The molecule has 1 aliphatic heterocycles. The predicted octanol–water partition coefficient (Wildman–Crippen LogP) is 3.35. The van der Waals surface area contributed by atoms with Gasteiger partial charge in [-0.2, -0.15) is 0 Å². The molecule has 1 unspecified atom stereocenters. The number of rotatable bonds is 4. The second-order valence-electron chi connectivity index (χ2n) is 5.80. The number of aromatic nitrogens is 1. The molecule has 2 heterocycles. The standard InChI is InChI=1S/C17H24N2O/c1-13(18-2)17-11-15-5-3-4-6-16(15)19(17)12-14-7-9-20-10-8-14/h3-6,11,13-14,18H,7-10,12H2,1-2H3. The van der Waals surface area contributed by atoms with Crippen LogP contribution in [-0.4, -0.2) is 24.8 Å². The Morgan fingerprint density at radius 3 is 2.80 bits per heavy atom. The zero-order valence-corrected chi connectivity index (χ0v) is 12.4. The number of ether oxygens (including phenoxy) is 1. The second kappa shape index (κ2) is 5.98. The van der Waals surface area contributed by atoms with Crippen molar-refractivity contribution in [3.63, 3.8) is 0 Å². The Hall–Kier alpha value is -1.32. The van der Waals surface area contributed by atoms with Gasteiger partial charge in [0.1, 0.15) is 0 Å². The lowest BCUT2D eigenvalue weighted by Gasteiger charge is -2.25. The highest BCUT2D eigenvalue weighted by Gasteiger charge is 2.19. The zero-order valence-electron chi connectivity index (χ0n) is 12.4. The summed E-state index contributed by atoms with van der Waals surface area (Å²) in [5.74, 6) is 0.738. The van der Waals surface area contributed by atoms with Gasteiger partial charge in [-0.05, 0) is 50.2 Å². The highest BCUT2D eigenvalue weighted by atomic mass is 16.5. The molecule has 1 N–H and O–H groups in total. The SMILES string of the molecule is CNC(C)c1cc2ccccc2n1CC1CCOCC1. The van der Waals surface area contributed by atoms with Gasteiger partial charge in [0.2, 0.25) is 0 Å². The van der Waals surface area contributed by atoms with E-state index < -0.39 is 0 Å². The summed E-state index contributed by atoms with van der Waals surface area (Å²) in [7, 11) is 2.03. The van der Waals surface area contributed by atoms with Crippen LogP contribution in [0.2, 0.25) is 0 Å². The number of hydrogen-bond donors (Lipinski definition) is 1. The summed E-state index contributed by atoms with van der Waals surface area (Å²) < 4.78 is 7.99. The van der Waals surface area contributed by atoms with Crippen LogP contribution in [0.5, 0.6) is 0 Å². The van der Waals surface area contributed by atoms with Crippen LogP contribution in [-0.2, 0) is 11.3 Å². The molecule has 1 aliphatic rings. The van der Waals surface area contributed by atoms with E-state index in [1.54, 1.807) is 0 Å².